The molecule has 0 atom stereocenters. The molecule has 0 aromatic heterocycles. The molecule has 15 aromatic carbocycles. The van der Waals surface area contributed by atoms with Crippen molar-refractivity contribution in [3.63, 3.8) is 0 Å². The van der Waals surface area contributed by atoms with E-state index in [4.69, 9.17) is 47.4 Å². The van der Waals surface area contributed by atoms with Crippen molar-refractivity contribution in [3.05, 3.63) is 388 Å². The molecule has 0 aliphatic heterocycles. The first-order valence-electron chi connectivity index (χ1n) is 45.2. The van der Waals surface area contributed by atoms with E-state index in [2.05, 4.69) is 12.5 Å². The molecule has 0 bridgehead atoms. The third-order valence-electron chi connectivity index (χ3n) is 22.6. The van der Waals surface area contributed by atoms with E-state index in [0.717, 1.165) is 93.1 Å². The zero-order valence-electron chi connectivity index (χ0n) is 82.4. The summed E-state index contributed by atoms with van der Waals surface area (Å²) < 4.78 is 293. The molecule has 0 heterocycles. The van der Waals surface area contributed by atoms with E-state index < -0.39 is 95.8 Å². The van der Waals surface area contributed by atoms with Crippen molar-refractivity contribution in [2.75, 3.05) is 35.5 Å². The predicted octanol–water partition coefficient (Wildman–Crippen LogP) is 23.3. The number of hydrogen-bond acceptors (Lipinski definition) is 23. The molecule has 23 nitrogen and oxygen atoms in total. The van der Waals surface area contributed by atoms with Crippen molar-refractivity contribution < 1.29 is 158 Å². The minimum absolute atomic E-state index is 0.0263. The minimum Gasteiger partial charge on any atom is -0.493 e. The van der Waals surface area contributed by atoms with Crippen molar-refractivity contribution in [3.8, 4) is 130 Å². The van der Waals surface area contributed by atoms with Crippen LogP contribution >= 0.6 is 0 Å². The summed E-state index contributed by atoms with van der Waals surface area (Å²) in [5.41, 5.74) is -0.0989. The van der Waals surface area contributed by atoms with Gasteiger partial charge in [0, 0.05) is 0 Å². The molecular formula is C110H100B2F12O23S3. The summed E-state index contributed by atoms with van der Waals surface area (Å²) in [4.78, 5) is 0. The molecule has 40 heteroatoms. The highest BCUT2D eigenvalue weighted by atomic mass is 32.2. The third-order valence-corrected chi connectivity index (χ3v) is 25.5. The van der Waals surface area contributed by atoms with Crippen LogP contribution in [0.25, 0.3) is 55.6 Å². The Hall–Kier alpha value is -15.3. The van der Waals surface area contributed by atoms with E-state index in [1.54, 1.807) is 69.5 Å². The molecule has 0 saturated heterocycles. The summed E-state index contributed by atoms with van der Waals surface area (Å²) in [6, 6.07) is 86.4. The number of benzene rings is 15. The molecule has 0 fully saturated rings. The Labute approximate surface area is 859 Å². The zero-order valence-corrected chi connectivity index (χ0v) is 84.8. The highest BCUT2D eigenvalue weighted by molar-refractivity contribution is 7.88. The normalized spacial score (nSPS) is 11.4. The molecule has 150 heavy (non-hydrogen) atoms. The lowest BCUT2D eigenvalue weighted by atomic mass is 9.75. The number of halogens is 12. The fraction of sp³-hybridized carbons (Fsp3) is 0.182. The van der Waals surface area contributed by atoms with Gasteiger partial charge in [0.1, 0.15) is 33.0 Å². The molecule has 4 N–H and O–H groups in total. The van der Waals surface area contributed by atoms with E-state index in [-0.39, 0.29) is 47.7 Å². The molecule has 0 radical (unpaired) electrons. The molecule has 0 spiro atoms. The van der Waals surface area contributed by atoms with E-state index >= 15 is 0 Å². The highest BCUT2D eigenvalue weighted by Gasteiger charge is 2.51. The number of ether oxygens (including phenoxy) is 10. The first-order valence-corrected chi connectivity index (χ1v) is 49.4. The second-order valence-electron chi connectivity index (χ2n) is 33.2. The highest BCUT2D eigenvalue weighted by Crippen LogP contribution is 2.46. The second kappa shape index (κ2) is 51.1. The van der Waals surface area contributed by atoms with Crippen LogP contribution in [-0.2, 0) is 63.4 Å². The largest absolute Gasteiger partial charge is 0.534 e. The predicted molar refractivity (Wildman–Crippen MR) is 546 cm³/mol. The fourth-order valence-electron chi connectivity index (χ4n) is 14.9. The van der Waals surface area contributed by atoms with Gasteiger partial charge < -0.3 is 80.0 Å². The lowest BCUT2D eigenvalue weighted by molar-refractivity contribution is -0.0505. The van der Waals surface area contributed by atoms with Crippen LogP contribution < -0.4 is 70.8 Å². The maximum absolute atomic E-state index is 14.6. The Balaban J connectivity index is 0.000000178. The zero-order chi connectivity index (χ0) is 109. The van der Waals surface area contributed by atoms with Gasteiger partial charge in [-0.15, -0.1) is 0 Å². The quantitative estimate of drug-likeness (QED) is 0.0129. The Morgan fingerprint density at radius 2 is 0.420 bits per heavy atom. The van der Waals surface area contributed by atoms with E-state index in [0.29, 0.717) is 109 Å². The van der Waals surface area contributed by atoms with Gasteiger partial charge in [0.2, 0.25) is 0 Å². The minimum atomic E-state index is -5.88. The van der Waals surface area contributed by atoms with Gasteiger partial charge in [0.25, 0.3) is 0 Å². The SMILES string of the molecule is COc1cc(-c2cc(C)c(B(O)O)cc2C)ccc1OCc1ccccc1.COc1cc(-c2cc(OC)c(OS(=O)(=O)C(F)(F)F)cc2C)ccc1OCc1ccccc1.COc1cc(-c2ccc(OCc3ccccc3)c(F)c2)c(C)cc1OS(=O)(=O)C(F)(F)F.COc1cc(-c2ccc(OCc3ccccc3)c(F)c2)c(C)cc1OS(=O)(=O)C(F)(F)F.Cc1cc(-c2ccc(OCc3ccccc3)c(F)c2)c(C)cc1B(O)O. The lowest BCUT2D eigenvalue weighted by Crippen LogP contribution is -2.32. The summed E-state index contributed by atoms with van der Waals surface area (Å²) >= 11 is 0. The molecule has 0 amide bonds. The molecule has 0 saturated carbocycles. The molecule has 786 valence electrons. The smallest absolute Gasteiger partial charge is 0.493 e. The van der Waals surface area contributed by atoms with Crippen LogP contribution in [0.4, 0.5) is 52.7 Å². The average molecular weight is 2140 g/mol. The van der Waals surface area contributed by atoms with Gasteiger partial charge in [0.15, 0.2) is 92.2 Å². The number of hydrogen-bond donors (Lipinski definition) is 4. The van der Waals surface area contributed by atoms with Crippen molar-refractivity contribution in [2.45, 2.75) is 98.0 Å². The van der Waals surface area contributed by atoms with Crippen LogP contribution in [-0.4, -0.2) is 112 Å². The van der Waals surface area contributed by atoms with E-state index in [1.165, 1.54) is 82.7 Å². The Morgan fingerprint density at radius 3 is 0.627 bits per heavy atom. The Morgan fingerprint density at radius 1 is 0.227 bits per heavy atom. The first-order chi connectivity index (χ1) is 71.0. The standard InChI is InChI=1S/C23H21F3O6S.C22H23BO4.2C22H18F4O5S.C21H20BFO3/c1-15-11-22(32-33(27,28)23(24,25)26)21(30-3)13-18(15)17-9-10-19(20(12-17)29-2)31-14-16-7-5-4-6-8-16;1-15-12-20(23(24)25)16(2)11-19(15)18-9-10-21(22(13-18)26-3)27-14-17-7-5-4-6-8-17;2*1-14-10-21(31-32(27,28)22(24,25)26)20(29-2)12-17(14)16-8-9-19(18(23)11-16)30-13-15-6-4-3-5-7-15;1-14-11-19(22(24)25)15(2)10-18(14)17-8-9-21(20(23)12-17)26-13-16-6-4-3-5-7-16/h4-13H,14H2,1-3H3;4-13,24-25H,14H2,1-3H3;2*3-12H,13H2,1-2H3;3-12,24-25H,13H2,1-2H3. The van der Waals surface area contributed by atoms with Crippen molar-refractivity contribution in [1.29, 1.82) is 0 Å². The monoisotopic (exact) mass is 2130 g/mol. The molecule has 15 aromatic rings. The van der Waals surface area contributed by atoms with Gasteiger partial charge in [-0.3, -0.25) is 0 Å². The van der Waals surface area contributed by atoms with Gasteiger partial charge in [-0.05, 0) is 268 Å². The summed E-state index contributed by atoms with van der Waals surface area (Å²) in [6.07, 6.45) is 0. The van der Waals surface area contributed by atoms with Crippen LogP contribution in [0.15, 0.2) is 303 Å². The molecule has 0 aliphatic carbocycles. The summed E-state index contributed by atoms with van der Waals surface area (Å²) in [5.74, 6) is -1.68. The Kier molecular flexibility index (Phi) is 39.1. The van der Waals surface area contributed by atoms with Crippen molar-refractivity contribution in [1.82, 2.24) is 0 Å². The van der Waals surface area contributed by atoms with Gasteiger partial charge in [-0.25, -0.2) is 13.2 Å². The van der Waals surface area contributed by atoms with Crippen molar-refractivity contribution >= 4 is 55.5 Å². The van der Waals surface area contributed by atoms with Gasteiger partial charge in [-0.1, -0.05) is 217 Å². The van der Waals surface area contributed by atoms with Crippen LogP contribution in [0.3, 0.4) is 0 Å². The molecule has 0 aliphatic rings. The van der Waals surface area contributed by atoms with E-state index in [1.807, 2.05) is 209 Å². The number of methoxy groups -OCH3 is 5. The molecule has 0 unspecified atom stereocenters. The molecular weight excluding hydrogens is 2030 g/mol. The second-order valence-corrected chi connectivity index (χ2v) is 37.9. The van der Waals surface area contributed by atoms with Gasteiger partial charge in [-0.2, -0.15) is 64.8 Å². The number of alkyl halides is 9. The number of aryl methyl sites for hydroxylation is 7. The maximum atomic E-state index is 14.6. The van der Waals surface area contributed by atoms with Crippen LogP contribution in [0, 0.1) is 65.9 Å². The summed E-state index contributed by atoms with van der Waals surface area (Å²) in [7, 11) is -14.0. The lowest BCUT2D eigenvalue weighted by Gasteiger charge is -2.17. The first kappa shape index (κ1) is 115. The Bertz CT molecular complexity index is 7350. The number of rotatable bonds is 33. The fourth-order valence-corrected chi connectivity index (χ4v) is 16.3. The van der Waals surface area contributed by atoms with Crippen LogP contribution in [0.5, 0.6) is 74.7 Å². The topological polar surface area (TPSA) is 303 Å². The average Bonchev–Trinajstić information content (AvgIpc) is 0.790. The van der Waals surface area contributed by atoms with Crippen LogP contribution in [0.1, 0.15) is 66.8 Å². The maximum Gasteiger partial charge on any atom is 0.534 e. The summed E-state index contributed by atoms with van der Waals surface area (Å²) in [5, 5.41) is 37.8. The van der Waals surface area contributed by atoms with Gasteiger partial charge in [0.05, 0.1) is 35.5 Å². The van der Waals surface area contributed by atoms with Crippen LogP contribution in [0.2, 0.25) is 0 Å². The van der Waals surface area contributed by atoms with Crippen molar-refractivity contribution in [2.24, 2.45) is 0 Å². The van der Waals surface area contributed by atoms with E-state index in [9.17, 15) is 98.0 Å². The molecule has 15 rings (SSSR count). The summed E-state index contributed by atoms with van der Waals surface area (Å²) in [6.45, 7) is 13.6. The van der Waals surface area contributed by atoms with Gasteiger partial charge >= 0.3 is 61.1 Å². The third kappa shape index (κ3) is 30.5.